The second-order valence-electron chi connectivity index (χ2n) is 10.1. The Morgan fingerprint density at radius 1 is 0.308 bits per heavy atom. The Labute approximate surface area is 222 Å². The molecule has 0 fully saturated rings. The fourth-order valence-corrected chi connectivity index (χ4v) is 6.12. The summed E-state index contributed by atoms with van der Waals surface area (Å²) in [5.74, 6) is 0. The number of hydrogen-bond donors (Lipinski definition) is 0. The average Bonchev–Trinajstić information content (AvgIpc) is 3.68. The number of para-hydroxylation sites is 5. The summed E-state index contributed by atoms with van der Waals surface area (Å²) in [5.41, 5.74) is 9.36. The van der Waals surface area contributed by atoms with Crippen molar-refractivity contribution in [2.75, 3.05) is 0 Å². The summed E-state index contributed by atoms with van der Waals surface area (Å²) in [6.45, 7) is 0. The van der Waals surface area contributed by atoms with E-state index in [1.807, 2.05) is 36.4 Å². The van der Waals surface area contributed by atoms with Crippen molar-refractivity contribution in [1.29, 1.82) is 0 Å². The van der Waals surface area contributed by atoms with Crippen molar-refractivity contribution < 1.29 is 13.3 Å². The Morgan fingerprint density at radius 3 is 1.33 bits per heavy atom. The van der Waals surface area contributed by atoms with Crippen molar-refractivity contribution in [3.63, 3.8) is 0 Å². The van der Waals surface area contributed by atoms with E-state index < -0.39 is 0 Å². The summed E-state index contributed by atoms with van der Waals surface area (Å²) in [5, 5.41) is 6.59. The molecule has 9 rings (SSSR count). The molecule has 3 heterocycles. The van der Waals surface area contributed by atoms with Crippen LogP contribution in [0.2, 0.25) is 0 Å². The molecule has 0 aliphatic heterocycles. The van der Waals surface area contributed by atoms with E-state index >= 15 is 0 Å². The third-order valence-corrected chi connectivity index (χ3v) is 7.89. The molecular weight excluding hydrogens is 480 g/mol. The first kappa shape index (κ1) is 20.7. The Balaban J connectivity index is 1.42. The molecule has 9 aromatic rings. The lowest BCUT2D eigenvalue weighted by Gasteiger charge is -2.09. The largest absolute Gasteiger partial charge is 0.455 e. The molecule has 0 aliphatic carbocycles. The second-order valence-corrected chi connectivity index (χ2v) is 10.1. The van der Waals surface area contributed by atoms with Gasteiger partial charge in [0.2, 0.25) is 0 Å². The van der Waals surface area contributed by atoms with Crippen molar-refractivity contribution >= 4 is 65.8 Å². The van der Waals surface area contributed by atoms with Gasteiger partial charge in [0.15, 0.2) is 0 Å². The Hall–Kier alpha value is -5.28. The minimum Gasteiger partial charge on any atom is -0.455 e. The SMILES string of the molecule is c1ccc2c(c1)oc1c(-c3cc(-c4cccc5c4oc4ccccc45)c4oc5ccccc5c4c3)cccc12. The van der Waals surface area contributed by atoms with Crippen molar-refractivity contribution in [3.8, 4) is 22.3 Å². The maximum atomic E-state index is 6.52. The summed E-state index contributed by atoms with van der Waals surface area (Å²) in [7, 11) is 0. The fraction of sp³-hybridized carbons (Fsp3) is 0. The van der Waals surface area contributed by atoms with E-state index in [0.717, 1.165) is 88.1 Å². The molecule has 0 N–H and O–H groups in total. The van der Waals surface area contributed by atoms with E-state index in [-0.39, 0.29) is 0 Å². The summed E-state index contributed by atoms with van der Waals surface area (Å²) >= 11 is 0. The first-order valence-electron chi connectivity index (χ1n) is 13.1. The molecular formula is C36H20O3. The molecule has 0 atom stereocenters. The quantitative estimate of drug-likeness (QED) is 0.237. The molecule has 0 spiro atoms. The van der Waals surface area contributed by atoms with Gasteiger partial charge in [0.05, 0.1) is 0 Å². The van der Waals surface area contributed by atoms with Crippen LogP contribution in [0, 0.1) is 0 Å². The fourth-order valence-electron chi connectivity index (χ4n) is 6.12. The van der Waals surface area contributed by atoms with Gasteiger partial charge in [-0.3, -0.25) is 0 Å². The molecule has 3 nitrogen and oxygen atoms in total. The Kier molecular flexibility index (Phi) is 4.05. The van der Waals surface area contributed by atoms with Crippen LogP contribution in [0.5, 0.6) is 0 Å². The topological polar surface area (TPSA) is 39.4 Å². The van der Waals surface area contributed by atoms with Crippen LogP contribution in [0.1, 0.15) is 0 Å². The number of fused-ring (bicyclic) bond motifs is 9. The number of benzene rings is 6. The van der Waals surface area contributed by atoms with E-state index in [9.17, 15) is 0 Å². The number of furan rings is 3. The zero-order valence-electron chi connectivity index (χ0n) is 20.8. The van der Waals surface area contributed by atoms with Gasteiger partial charge in [0.25, 0.3) is 0 Å². The summed E-state index contributed by atoms with van der Waals surface area (Å²) in [6.07, 6.45) is 0. The average molecular weight is 501 g/mol. The summed E-state index contributed by atoms with van der Waals surface area (Å²) in [4.78, 5) is 0. The summed E-state index contributed by atoms with van der Waals surface area (Å²) < 4.78 is 19.4. The Morgan fingerprint density at radius 2 is 0.744 bits per heavy atom. The summed E-state index contributed by atoms with van der Waals surface area (Å²) in [6, 6.07) is 41.8. The van der Waals surface area contributed by atoms with Gasteiger partial charge in [-0.05, 0) is 35.9 Å². The van der Waals surface area contributed by atoms with Gasteiger partial charge in [-0.1, -0.05) is 91.0 Å². The highest BCUT2D eigenvalue weighted by Crippen LogP contribution is 2.44. The van der Waals surface area contributed by atoms with E-state index in [4.69, 9.17) is 13.3 Å². The normalized spacial score (nSPS) is 12.1. The van der Waals surface area contributed by atoms with Crippen LogP contribution in [0.25, 0.3) is 88.1 Å². The van der Waals surface area contributed by atoms with Crippen LogP contribution in [-0.2, 0) is 0 Å². The lowest BCUT2D eigenvalue weighted by molar-refractivity contribution is 0.665. The van der Waals surface area contributed by atoms with Gasteiger partial charge in [0, 0.05) is 49.0 Å². The lowest BCUT2D eigenvalue weighted by Crippen LogP contribution is -1.85. The van der Waals surface area contributed by atoms with Gasteiger partial charge in [-0.25, -0.2) is 0 Å². The molecule has 0 radical (unpaired) electrons. The van der Waals surface area contributed by atoms with Crippen LogP contribution in [0.4, 0.5) is 0 Å². The van der Waals surface area contributed by atoms with E-state index in [1.54, 1.807) is 0 Å². The van der Waals surface area contributed by atoms with Crippen LogP contribution in [-0.4, -0.2) is 0 Å². The molecule has 39 heavy (non-hydrogen) atoms. The lowest BCUT2D eigenvalue weighted by atomic mass is 9.94. The zero-order valence-corrected chi connectivity index (χ0v) is 20.8. The predicted molar refractivity (Wildman–Crippen MR) is 159 cm³/mol. The first-order valence-corrected chi connectivity index (χ1v) is 13.1. The van der Waals surface area contributed by atoms with Gasteiger partial charge >= 0.3 is 0 Å². The molecule has 6 aromatic carbocycles. The second kappa shape index (κ2) is 7.62. The number of hydrogen-bond acceptors (Lipinski definition) is 3. The van der Waals surface area contributed by atoms with Crippen molar-refractivity contribution in [2.45, 2.75) is 0 Å². The van der Waals surface area contributed by atoms with Crippen LogP contribution in [0.3, 0.4) is 0 Å². The maximum absolute atomic E-state index is 6.52. The van der Waals surface area contributed by atoms with Crippen molar-refractivity contribution in [3.05, 3.63) is 121 Å². The minimum atomic E-state index is 0.852. The first-order chi connectivity index (χ1) is 19.3. The zero-order chi connectivity index (χ0) is 25.5. The third-order valence-electron chi connectivity index (χ3n) is 7.89. The van der Waals surface area contributed by atoms with E-state index in [1.165, 1.54) is 0 Å². The van der Waals surface area contributed by atoms with E-state index in [2.05, 4.69) is 84.9 Å². The van der Waals surface area contributed by atoms with E-state index in [0.29, 0.717) is 0 Å². The van der Waals surface area contributed by atoms with Gasteiger partial charge in [-0.2, -0.15) is 0 Å². The predicted octanol–water partition coefficient (Wildman–Crippen LogP) is 10.7. The smallest absolute Gasteiger partial charge is 0.143 e. The molecule has 0 unspecified atom stereocenters. The highest BCUT2D eigenvalue weighted by molar-refractivity contribution is 6.17. The number of rotatable bonds is 2. The minimum absolute atomic E-state index is 0.852. The van der Waals surface area contributed by atoms with Crippen LogP contribution in [0.15, 0.2) is 135 Å². The highest BCUT2D eigenvalue weighted by atomic mass is 16.3. The monoisotopic (exact) mass is 500 g/mol. The van der Waals surface area contributed by atoms with Gasteiger partial charge in [-0.15, -0.1) is 0 Å². The molecule has 0 aliphatic rings. The molecule has 0 saturated heterocycles. The van der Waals surface area contributed by atoms with Crippen LogP contribution >= 0.6 is 0 Å². The molecule has 3 heteroatoms. The standard InChI is InChI=1S/C36H20O3/c1-4-16-31-23(9-1)26-13-7-12-22(34(26)37-31)21-19-29-25-11-3-6-18-33(25)39-36(29)30(20-21)28-15-8-14-27-24-10-2-5-17-32(24)38-35(27)28/h1-20H. The van der Waals surface area contributed by atoms with Crippen molar-refractivity contribution in [2.24, 2.45) is 0 Å². The molecule has 3 aromatic heterocycles. The highest BCUT2D eigenvalue weighted by Gasteiger charge is 2.20. The molecule has 182 valence electrons. The third kappa shape index (κ3) is 2.87. The van der Waals surface area contributed by atoms with Crippen molar-refractivity contribution in [1.82, 2.24) is 0 Å². The molecule has 0 saturated carbocycles. The molecule has 0 amide bonds. The Bertz CT molecular complexity index is 2400. The molecule has 0 bridgehead atoms. The van der Waals surface area contributed by atoms with Gasteiger partial charge < -0.3 is 13.3 Å². The maximum Gasteiger partial charge on any atom is 0.143 e. The van der Waals surface area contributed by atoms with Crippen LogP contribution < -0.4 is 0 Å². The van der Waals surface area contributed by atoms with Gasteiger partial charge in [0.1, 0.15) is 33.5 Å².